The van der Waals surface area contributed by atoms with Crippen LogP contribution in [0, 0.1) is 5.92 Å². The van der Waals surface area contributed by atoms with Crippen molar-refractivity contribution in [1.82, 2.24) is 15.5 Å². The Hall–Kier alpha value is -3.32. The van der Waals surface area contributed by atoms with Gasteiger partial charge in [-0.05, 0) is 44.0 Å². The summed E-state index contributed by atoms with van der Waals surface area (Å²) in [6, 6.07) is 15.0. The van der Waals surface area contributed by atoms with Crippen molar-refractivity contribution in [2.45, 2.75) is 18.9 Å². The highest BCUT2D eigenvalue weighted by Crippen LogP contribution is 2.35. The number of furan rings is 1. The molecule has 3 aliphatic rings. The molecular weight excluding hydrogens is 392 g/mol. The molecule has 3 saturated heterocycles. The Labute approximate surface area is 180 Å². The van der Waals surface area contributed by atoms with Gasteiger partial charge < -0.3 is 25.3 Å². The van der Waals surface area contributed by atoms with Crippen molar-refractivity contribution in [3.8, 4) is 11.1 Å². The van der Waals surface area contributed by atoms with Crippen LogP contribution < -0.4 is 16.0 Å². The van der Waals surface area contributed by atoms with Gasteiger partial charge in [-0.1, -0.05) is 36.4 Å². The van der Waals surface area contributed by atoms with Gasteiger partial charge in [0.25, 0.3) is 5.91 Å². The molecule has 3 amide bonds. The fourth-order valence-corrected chi connectivity index (χ4v) is 4.77. The molecule has 4 heterocycles. The summed E-state index contributed by atoms with van der Waals surface area (Å²) in [6.45, 7) is 3.18. The number of urea groups is 1. The Bertz CT molecular complexity index is 1130. The quantitative estimate of drug-likeness (QED) is 0.603. The molecule has 2 aromatic carbocycles. The largest absolute Gasteiger partial charge is 0.450 e. The Balaban J connectivity index is 1.45. The zero-order valence-corrected chi connectivity index (χ0v) is 17.5. The van der Waals surface area contributed by atoms with Crippen LogP contribution in [0.25, 0.3) is 22.1 Å². The van der Waals surface area contributed by atoms with Crippen molar-refractivity contribution in [2.24, 2.45) is 5.92 Å². The summed E-state index contributed by atoms with van der Waals surface area (Å²) < 4.78 is 6.07. The molecule has 0 aliphatic carbocycles. The lowest BCUT2D eigenvalue weighted by molar-refractivity contribution is 0.0607. The second-order valence-corrected chi connectivity index (χ2v) is 8.30. The second-order valence-electron chi connectivity index (χ2n) is 8.30. The highest BCUT2D eigenvalue weighted by atomic mass is 16.3. The summed E-state index contributed by atoms with van der Waals surface area (Å²) in [7, 11) is 1.57. The van der Waals surface area contributed by atoms with E-state index in [0.29, 0.717) is 22.9 Å². The van der Waals surface area contributed by atoms with E-state index in [0.717, 1.165) is 49.0 Å². The maximum absolute atomic E-state index is 13.0. The molecule has 1 atom stereocenters. The van der Waals surface area contributed by atoms with Crippen LogP contribution in [-0.4, -0.2) is 49.6 Å². The third-order valence-corrected chi connectivity index (χ3v) is 6.43. The summed E-state index contributed by atoms with van der Waals surface area (Å²) in [6.07, 6.45) is 2.29. The highest BCUT2D eigenvalue weighted by molar-refractivity contribution is 6.03. The maximum Gasteiger partial charge on any atom is 0.318 e. The van der Waals surface area contributed by atoms with E-state index < -0.39 is 0 Å². The first-order chi connectivity index (χ1) is 15.1. The van der Waals surface area contributed by atoms with Crippen LogP contribution in [0.5, 0.6) is 0 Å². The van der Waals surface area contributed by atoms with Crippen LogP contribution >= 0.6 is 0 Å². The lowest BCUT2D eigenvalue weighted by atomic mass is 9.84. The standard InChI is InChI=1S/C24H26N4O3/c1-25-24(30)27-19-8-3-2-6-17(19)18-7-4-5-16-13-21(31-22(16)18)23(29)26-20-14-28-11-9-15(20)10-12-28/h2-8,13,15,20H,9-12,14H2,1H3,(H,26,29)(H2,25,27,30)/t20-/m0/s1. The number of anilines is 1. The van der Waals surface area contributed by atoms with Crippen LogP contribution in [0.3, 0.4) is 0 Å². The fourth-order valence-electron chi connectivity index (χ4n) is 4.77. The number of para-hydroxylation sites is 2. The molecule has 2 bridgehead atoms. The lowest BCUT2D eigenvalue weighted by Crippen LogP contribution is -2.57. The number of rotatable bonds is 4. The minimum atomic E-state index is -0.295. The minimum absolute atomic E-state index is 0.169. The third kappa shape index (κ3) is 3.77. The molecule has 0 unspecified atom stereocenters. The second kappa shape index (κ2) is 8.07. The first kappa shape index (κ1) is 19.6. The maximum atomic E-state index is 13.0. The van der Waals surface area contributed by atoms with Crippen LogP contribution in [0.15, 0.2) is 52.9 Å². The Morgan fingerprint density at radius 3 is 2.55 bits per heavy atom. The van der Waals surface area contributed by atoms with Crippen molar-refractivity contribution >= 4 is 28.6 Å². The summed E-state index contributed by atoms with van der Waals surface area (Å²) in [5.41, 5.74) is 2.96. The van der Waals surface area contributed by atoms with Crippen molar-refractivity contribution in [3.05, 3.63) is 54.3 Å². The molecule has 1 aromatic heterocycles. The topological polar surface area (TPSA) is 86.6 Å². The van der Waals surface area contributed by atoms with Crippen LogP contribution in [0.4, 0.5) is 10.5 Å². The van der Waals surface area contributed by atoms with Crippen molar-refractivity contribution in [1.29, 1.82) is 0 Å². The third-order valence-electron chi connectivity index (χ3n) is 6.43. The van der Waals surface area contributed by atoms with Gasteiger partial charge in [-0.2, -0.15) is 0 Å². The highest BCUT2D eigenvalue weighted by Gasteiger charge is 2.35. The van der Waals surface area contributed by atoms with E-state index in [1.165, 1.54) is 0 Å². The number of carbonyl (C=O) groups excluding carboxylic acids is 2. The molecule has 6 rings (SSSR count). The summed E-state index contributed by atoms with van der Waals surface area (Å²) >= 11 is 0. The minimum Gasteiger partial charge on any atom is -0.450 e. The van der Waals surface area contributed by atoms with E-state index in [-0.39, 0.29) is 18.0 Å². The number of nitrogens with one attached hydrogen (secondary N) is 3. The number of nitrogens with zero attached hydrogens (tertiary/aromatic N) is 1. The van der Waals surface area contributed by atoms with E-state index in [9.17, 15) is 9.59 Å². The number of hydrogen-bond donors (Lipinski definition) is 3. The summed E-state index contributed by atoms with van der Waals surface area (Å²) in [5, 5.41) is 9.46. The number of amides is 3. The number of piperidine rings is 3. The summed E-state index contributed by atoms with van der Waals surface area (Å²) in [4.78, 5) is 27.2. The smallest absolute Gasteiger partial charge is 0.318 e. The van der Waals surface area contributed by atoms with E-state index in [1.807, 2.05) is 42.5 Å². The number of fused-ring (bicyclic) bond motifs is 4. The average Bonchev–Trinajstić information content (AvgIpc) is 3.25. The molecule has 160 valence electrons. The van der Waals surface area contributed by atoms with Crippen molar-refractivity contribution in [2.75, 3.05) is 32.0 Å². The summed E-state index contributed by atoms with van der Waals surface area (Å²) in [5.74, 6) is 0.699. The van der Waals surface area contributed by atoms with Crippen LogP contribution in [-0.2, 0) is 0 Å². The van der Waals surface area contributed by atoms with E-state index in [1.54, 1.807) is 13.1 Å². The molecule has 31 heavy (non-hydrogen) atoms. The van der Waals surface area contributed by atoms with E-state index in [4.69, 9.17) is 4.42 Å². The van der Waals surface area contributed by atoms with Gasteiger partial charge in [0.2, 0.25) is 0 Å². The Morgan fingerprint density at radius 2 is 1.81 bits per heavy atom. The molecule has 3 aromatic rings. The molecule has 3 N–H and O–H groups in total. The SMILES string of the molecule is CNC(=O)Nc1ccccc1-c1cccc2cc(C(=O)N[C@H]3CN4CCC3CC4)oc12. The van der Waals surface area contributed by atoms with Gasteiger partial charge in [-0.15, -0.1) is 0 Å². The zero-order valence-electron chi connectivity index (χ0n) is 17.5. The van der Waals surface area contributed by atoms with Crippen LogP contribution in [0.1, 0.15) is 23.4 Å². The van der Waals surface area contributed by atoms with Crippen molar-refractivity contribution in [3.63, 3.8) is 0 Å². The van der Waals surface area contributed by atoms with Gasteiger partial charge in [-0.25, -0.2) is 4.79 Å². The fraction of sp³-hybridized carbons (Fsp3) is 0.333. The predicted octanol–water partition coefficient (Wildman–Crippen LogP) is 3.68. The molecular formula is C24H26N4O3. The lowest BCUT2D eigenvalue weighted by Gasteiger charge is -2.44. The molecule has 7 heteroatoms. The molecule has 7 nitrogen and oxygen atoms in total. The number of hydrogen-bond acceptors (Lipinski definition) is 4. The molecule has 0 radical (unpaired) electrons. The Morgan fingerprint density at radius 1 is 1.03 bits per heavy atom. The van der Waals surface area contributed by atoms with E-state index in [2.05, 4.69) is 20.9 Å². The molecule has 3 aliphatic heterocycles. The number of carbonyl (C=O) groups is 2. The first-order valence-electron chi connectivity index (χ1n) is 10.8. The first-order valence-corrected chi connectivity index (χ1v) is 10.8. The monoisotopic (exact) mass is 418 g/mol. The van der Waals surface area contributed by atoms with Gasteiger partial charge in [0.1, 0.15) is 5.58 Å². The van der Waals surface area contributed by atoms with Gasteiger partial charge in [0, 0.05) is 36.1 Å². The number of benzene rings is 2. The average molecular weight is 418 g/mol. The van der Waals surface area contributed by atoms with Gasteiger partial charge in [0.15, 0.2) is 5.76 Å². The normalized spacial score (nSPS) is 22.3. The van der Waals surface area contributed by atoms with Gasteiger partial charge in [0.05, 0.1) is 5.69 Å². The van der Waals surface area contributed by atoms with E-state index >= 15 is 0 Å². The van der Waals surface area contributed by atoms with Gasteiger partial charge in [-0.3, -0.25) is 4.79 Å². The van der Waals surface area contributed by atoms with Crippen molar-refractivity contribution < 1.29 is 14.0 Å². The molecule has 3 fully saturated rings. The zero-order chi connectivity index (χ0) is 21.4. The van der Waals surface area contributed by atoms with Gasteiger partial charge >= 0.3 is 6.03 Å². The van der Waals surface area contributed by atoms with Crippen LogP contribution in [0.2, 0.25) is 0 Å². The Kier molecular flexibility index (Phi) is 5.11. The molecule has 0 saturated carbocycles. The predicted molar refractivity (Wildman–Crippen MR) is 120 cm³/mol. The molecule has 0 spiro atoms.